The maximum atomic E-state index is 14.8. The van der Waals surface area contributed by atoms with Crippen LogP contribution in [0.15, 0.2) is 41.1 Å². The molecule has 3 atom stereocenters. The molecule has 3 heterocycles. The fourth-order valence-corrected chi connectivity index (χ4v) is 3.89. The van der Waals surface area contributed by atoms with E-state index >= 15 is 0 Å². The van der Waals surface area contributed by atoms with Crippen LogP contribution in [0.5, 0.6) is 0 Å². The van der Waals surface area contributed by atoms with Crippen molar-refractivity contribution in [1.29, 1.82) is 0 Å². The van der Waals surface area contributed by atoms with E-state index in [0.29, 0.717) is 16.5 Å². The van der Waals surface area contributed by atoms with Crippen molar-refractivity contribution in [1.82, 2.24) is 15.1 Å². The summed E-state index contributed by atoms with van der Waals surface area (Å²) in [6.45, 7) is 9.43. The Kier molecular flexibility index (Phi) is 6.95. The minimum Gasteiger partial charge on any atom is -0.447 e. The van der Waals surface area contributed by atoms with Gasteiger partial charge in [0.1, 0.15) is 18.3 Å². The van der Waals surface area contributed by atoms with Gasteiger partial charge in [-0.2, -0.15) is 4.98 Å². The third kappa shape index (κ3) is 5.71. The van der Waals surface area contributed by atoms with E-state index in [1.165, 1.54) is 4.90 Å². The fourth-order valence-electron chi connectivity index (χ4n) is 3.77. The van der Waals surface area contributed by atoms with Crippen LogP contribution in [0.2, 0.25) is 5.02 Å². The van der Waals surface area contributed by atoms with Crippen molar-refractivity contribution in [3.8, 4) is 11.3 Å². The first-order valence-corrected chi connectivity index (χ1v) is 11.5. The summed E-state index contributed by atoms with van der Waals surface area (Å²) in [5.74, 6) is -0.246. The molecule has 1 saturated heterocycles. The molecular weight excluding hydrogens is 477 g/mol. The highest BCUT2D eigenvalue weighted by atomic mass is 35.5. The van der Waals surface area contributed by atoms with E-state index in [9.17, 15) is 9.18 Å². The fraction of sp³-hybridized carbons (Fsp3) is 0.417. The zero-order valence-corrected chi connectivity index (χ0v) is 20.8. The Bertz CT molecular complexity index is 1200. The lowest BCUT2D eigenvalue weighted by molar-refractivity contribution is -0.0618. The maximum absolute atomic E-state index is 14.8. The lowest BCUT2D eigenvalue weighted by Crippen LogP contribution is -2.45. The Morgan fingerprint density at radius 1 is 1.26 bits per heavy atom. The molecule has 11 heteroatoms. The molecule has 0 bridgehead atoms. The van der Waals surface area contributed by atoms with Crippen LogP contribution in [0.1, 0.15) is 46.4 Å². The molecule has 0 spiro atoms. The first-order chi connectivity index (χ1) is 16.5. The van der Waals surface area contributed by atoms with Crippen molar-refractivity contribution in [2.75, 3.05) is 16.8 Å². The van der Waals surface area contributed by atoms with Gasteiger partial charge < -0.3 is 19.3 Å². The predicted molar refractivity (Wildman–Crippen MR) is 129 cm³/mol. The van der Waals surface area contributed by atoms with Crippen LogP contribution in [0, 0.1) is 5.82 Å². The molecule has 3 aromatic rings. The Morgan fingerprint density at radius 3 is 2.66 bits per heavy atom. The monoisotopic (exact) mass is 503 g/mol. The lowest BCUT2D eigenvalue weighted by atomic mass is 10.1. The van der Waals surface area contributed by atoms with Crippen molar-refractivity contribution < 1.29 is 23.2 Å². The van der Waals surface area contributed by atoms with Gasteiger partial charge in [-0.15, -0.1) is 0 Å². The Morgan fingerprint density at radius 2 is 1.97 bits per heavy atom. The third-order valence-electron chi connectivity index (χ3n) is 5.39. The van der Waals surface area contributed by atoms with Gasteiger partial charge in [0.05, 0.1) is 23.9 Å². The zero-order chi connectivity index (χ0) is 25.3. The summed E-state index contributed by atoms with van der Waals surface area (Å²) in [5.41, 5.74) is 0.965. The summed E-state index contributed by atoms with van der Waals surface area (Å²) in [7, 11) is 0. The number of amides is 1. The van der Waals surface area contributed by atoms with Crippen molar-refractivity contribution in [3.05, 3.63) is 53.1 Å². The molecule has 1 aliphatic rings. The summed E-state index contributed by atoms with van der Waals surface area (Å²) in [5, 5.41) is 7.81. The van der Waals surface area contributed by atoms with E-state index in [0.717, 1.165) is 11.8 Å². The lowest BCUT2D eigenvalue weighted by Gasteiger charge is -2.31. The van der Waals surface area contributed by atoms with Crippen LogP contribution < -0.4 is 10.2 Å². The van der Waals surface area contributed by atoms with Gasteiger partial charge >= 0.3 is 6.09 Å². The van der Waals surface area contributed by atoms with E-state index in [1.54, 1.807) is 18.2 Å². The molecular formula is C24H27ClFN5O4. The second-order valence-corrected chi connectivity index (χ2v) is 9.74. The quantitative estimate of drug-likeness (QED) is 0.442. The summed E-state index contributed by atoms with van der Waals surface area (Å²) in [6, 6.07) is 8.05. The zero-order valence-electron chi connectivity index (χ0n) is 20.1. The standard InChI is InChI=1S/C24H27ClFN5O4/c1-13(18-10-20(35-30-18)15-6-8-16(25)9-7-15)28-22-27-11-17(26)21(29-22)31-19(12-33-23(31)32)14(2)34-24(3,4)5/h6-11,13-14,19H,12H2,1-5H3,(H,27,28,29)/t13-,14+,19+/m0/s1. The van der Waals surface area contributed by atoms with E-state index in [2.05, 4.69) is 20.4 Å². The van der Waals surface area contributed by atoms with Crippen LogP contribution in [-0.4, -0.2) is 45.6 Å². The molecule has 2 aromatic heterocycles. The van der Waals surface area contributed by atoms with Crippen LogP contribution in [0.25, 0.3) is 11.3 Å². The van der Waals surface area contributed by atoms with E-state index in [4.69, 9.17) is 25.6 Å². The number of nitrogens with zero attached hydrogens (tertiary/aromatic N) is 4. The Balaban J connectivity index is 1.53. The SMILES string of the molecule is C[C@H](Nc1ncc(F)c(N2C(=O)OC[C@@H]2[C@@H](C)OC(C)(C)C)n1)c1cc(-c2ccc(Cl)cc2)on1. The van der Waals surface area contributed by atoms with E-state index in [-0.39, 0.29) is 24.4 Å². The summed E-state index contributed by atoms with van der Waals surface area (Å²) < 4.78 is 31.4. The molecule has 1 amide bonds. The van der Waals surface area contributed by atoms with Gasteiger partial charge in [0.25, 0.3) is 0 Å². The molecule has 35 heavy (non-hydrogen) atoms. The molecule has 0 saturated carbocycles. The number of carbonyl (C=O) groups is 1. The first kappa shape index (κ1) is 24.9. The van der Waals surface area contributed by atoms with Crippen molar-refractivity contribution >= 4 is 29.5 Å². The molecule has 1 aromatic carbocycles. The second-order valence-electron chi connectivity index (χ2n) is 9.30. The number of aromatic nitrogens is 3. The number of hydrogen-bond donors (Lipinski definition) is 1. The third-order valence-corrected chi connectivity index (χ3v) is 5.64. The smallest absolute Gasteiger partial charge is 0.416 e. The van der Waals surface area contributed by atoms with E-state index in [1.807, 2.05) is 46.8 Å². The van der Waals surface area contributed by atoms with Crippen molar-refractivity contribution in [2.24, 2.45) is 0 Å². The highest BCUT2D eigenvalue weighted by Crippen LogP contribution is 2.30. The molecule has 1 aliphatic heterocycles. The summed E-state index contributed by atoms with van der Waals surface area (Å²) in [4.78, 5) is 22.0. The number of halogens is 2. The molecule has 186 valence electrons. The topological polar surface area (TPSA) is 103 Å². The normalized spacial score (nSPS) is 17.9. The minimum atomic E-state index is -0.749. The predicted octanol–water partition coefficient (Wildman–Crippen LogP) is 5.63. The average Bonchev–Trinajstić information content (AvgIpc) is 3.42. The number of carbonyl (C=O) groups excluding carboxylic acids is 1. The van der Waals surface area contributed by atoms with Gasteiger partial charge in [-0.25, -0.2) is 19.1 Å². The average molecular weight is 504 g/mol. The number of cyclic esters (lactones) is 1. The molecule has 0 radical (unpaired) electrons. The highest BCUT2D eigenvalue weighted by Gasteiger charge is 2.41. The highest BCUT2D eigenvalue weighted by molar-refractivity contribution is 6.30. The van der Waals surface area contributed by atoms with Gasteiger partial charge in [-0.1, -0.05) is 16.8 Å². The van der Waals surface area contributed by atoms with Crippen LogP contribution in [0.4, 0.5) is 21.0 Å². The number of rotatable bonds is 7. The molecule has 9 nitrogen and oxygen atoms in total. The van der Waals surface area contributed by atoms with Crippen molar-refractivity contribution in [2.45, 2.75) is 58.4 Å². The molecule has 1 N–H and O–H groups in total. The number of hydrogen-bond acceptors (Lipinski definition) is 8. The van der Waals surface area contributed by atoms with Gasteiger partial charge in [-0.05, 0) is 58.9 Å². The Labute approximate surface area is 207 Å². The van der Waals surface area contributed by atoms with Gasteiger partial charge in [0, 0.05) is 16.7 Å². The minimum absolute atomic E-state index is 0.0606. The largest absolute Gasteiger partial charge is 0.447 e. The van der Waals surface area contributed by atoms with Crippen molar-refractivity contribution in [3.63, 3.8) is 0 Å². The molecule has 4 rings (SSSR count). The van der Waals surface area contributed by atoms with Crippen LogP contribution in [0.3, 0.4) is 0 Å². The molecule has 1 fully saturated rings. The van der Waals surface area contributed by atoms with Gasteiger partial charge in [0.2, 0.25) is 5.95 Å². The summed E-state index contributed by atoms with van der Waals surface area (Å²) >= 11 is 5.94. The van der Waals surface area contributed by atoms with E-state index < -0.39 is 29.7 Å². The van der Waals surface area contributed by atoms with Crippen LogP contribution in [-0.2, 0) is 9.47 Å². The maximum Gasteiger partial charge on any atom is 0.416 e. The Hall–Kier alpha value is -3.24. The first-order valence-electron chi connectivity index (χ1n) is 11.2. The number of nitrogens with one attached hydrogen (secondary N) is 1. The number of anilines is 2. The summed E-state index contributed by atoms with van der Waals surface area (Å²) in [6.07, 6.45) is -0.107. The van der Waals surface area contributed by atoms with Gasteiger partial charge in [0.15, 0.2) is 17.4 Å². The molecule has 0 aliphatic carbocycles. The van der Waals surface area contributed by atoms with Gasteiger partial charge in [-0.3, -0.25) is 0 Å². The molecule has 0 unspecified atom stereocenters. The van der Waals surface area contributed by atoms with Crippen LogP contribution >= 0.6 is 11.6 Å². The second kappa shape index (κ2) is 9.79. The number of benzene rings is 1. The number of ether oxygens (including phenoxy) is 2.